The van der Waals surface area contributed by atoms with Gasteiger partial charge in [0.1, 0.15) is 0 Å². The smallest absolute Gasteiger partial charge is 0.314 e. The van der Waals surface area contributed by atoms with Crippen LogP contribution >= 0.6 is 0 Å². The Morgan fingerprint density at radius 3 is 2.57 bits per heavy atom. The summed E-state index contributed by atoms with van der Waals surface area (Å²) in [6.07, 6.45) is 3.23. The average molecular weight is 292 g/mol. The maximum Gasteiger partial charge on any atom is 0.314 e. The molecule has 3 N–H and O–H groups in total. The van der Waals surface area contributed by atoms with Crippen molar-refractivity contribution in [1.82, 2.24) is 10.6 Å². The molecular weight excluding hydrogens is 268 g/mol. The highest BCUT2D eigenvalue weighted by molar-refractivity contribution is 5.74. The lowest BCUT2D eigenvalue weighted by Gasteiger charge is -2.14. The van der Waals surface area contributed by atoms with Crippen molar-refractivity contribution >= 4 is 12.0 Å². The van der Waals surface area contributed by atoms with Crippen molar-refractivity contribution in [1.29, 1.82) is 0 Å². The SMILES string of the molecule is CC(CCc1ccccc1)NC(=O)NCCCCC(=O)O. The number of aryl methyl sites for hydroxylation is 1. The fraction of sp³-hybridized carbons (Fsp3) is 0.500. The zero-order chi connectivity index (χ0) is 15.5. The van der Waals surface area contributed by atoms with E-state index in [1.807, 2.05) is 25.1 Å². The summed E-state index contributed by atoms with van der Waals surface area (Å²) < 4.78 is 0. The topological polar surface area (TPSA) is 78.4 Å². The van der Waals surface area contributed by atoms with E-state index in [9.17, 15) is 9.59 Å². The van der Waals surface area contributed by atoms with Crippen molar-refractivity contribution in [2.45, 2.75) is 45.1 Å². The maximum absolute atomic E-state index is 11.6. The molecule has 5 heteroatoms. The van der Waals surface area contributed by atoms with Gasteiger partial charge in [0, 0.05) is 19.0 Å². The fourth-order valence-electron chi connectivity index (χ4n) is 1.98. The van der Waals surface area contributed by atoms with Gasteiger partial charge in [-0.3, -0.25) is 4.79 Å². The summed E-state index contributed by atoms with van der Waals surface area (Å²) in [5.41, 5.74) is 1.26. The van der Waals surface area contributed by atoms with Gasteiger partial charge in [0.25, 0.3) is 0 Å². The number of aliphatic carboxylic acids is 1. The predicted molar refractivity (Wildman–Crippen MR) is 82.2 cm³/mol. The molecule has 1 aromatic carbocycles. The van der Waals surface area contributed by atoms with Crippen molar-refractivity contribution in [3.8, 4) is 0 Å². The van der Waals surface area contributed by atoms with Crippen LogP contribution in [0.25, 0.3) is 0 Å². The van der Waals surface area contributed by atoms with Crippen LogP contribution in [0, 0.1) is 0 Å². The molecule has 21 heavy (non-hydrogen) atoms. The molecule has 0 heterocycles. The van der Waals surface area contributed by atoms with Gasteiger partial charge < -0.3 is 15.7 Å². The molecule has 0 aromatic heterocycles. The Morgan fingerprint density at radius 1 is 1.19 bits per heavy atom. The molecule has 0 aliphatic heterocycles. The Balaban J connectivity index is 2.09. The third-order valence-corrected chi connectivity index (χ3v) is 3.19. The van der Waals surface area contributed by atoms with Gasteiger partial charge in [0.15, 0.2) is 0 Å². The van der Waals surface area contributed by atoms with Gasteiger partial charge in [-0.2, -0.15) is 0 Å². The van der Waals surface area contributed by atoms with E-state index in [4.69, 9.17) is 5.11 Å². The number of amides is 2. The minimum atomic E-state index is -0.797. The first-order valence-corrected chi connectivity index (χ1v) is 7.38. The van der Waals surface area contributed by atoms with E-state index in [0.717, 1.165) is 12.8 Å². The lowest BCUT2D eigenvalue weighted by atomic mass is 10.1. The van der Waals surface area contributed by atoms with E-state index < -0.39 is 5.97 Å². The molecule has 0 aliphatic carbocycles. The number of hydrogen-bond acceptors (Lipinski definition) is 2. The summed E-state index contributed by atoms with van der Waals surface area (Å²) in [6, 6.07) is 10.1. The van der Waals surface area contributed by atoms with Crippen molar-refractivity contribution in [3.05, 3.63) is 35.9 Å². The Morgan fingerprint density at radius 2 is 1.90 bits per heavy atom. The Labute approximate surface area is 125 Å². The molecule has 0 radical (unpaired) electrons. The number of carboxylic acid groups (broad SMARTS) is 1. The number of benzene rings is 1. The van der Waals surface area contributed by atoms with E-state index in [1.165, 1.54) is 5.56 Å². The van der Waals surface area contributed by atoms with Gasteiger partial charge in [-0.15, -0.1) is 0 Å². The van der Waals surface area contributed by atoms with Crippen LogP contribution in [0.15, 0.2) is 30.3 Å². The number of carbonyl (C=O) groups excluding carboxylic acids is 1. The van der Waals surface area contributed by atoms with E-state index >= 15 is 0 Å². The van der Waals surface area contributed by atoms with Crippen molar-refractivity contribution < 1.29 is 14.7 Å². The zero-order valence-electron chi connectivity index (χ0n) is 12.5. The summed E-state index contributed by atoms with van der Waals surface area (Å²) in [6.45, 7) is 2.48. The number of hydrogen-bond donors (Lipinski definition) is 3. The van der Waals surface area contributed by atoms with Gasteiger partial charge in [0.2, 0.25) is 0 Å². The minimum Gasteiger partial charge on any atom is -0.481 e. The average Bonchev–Trinajstić information content (AvgIpc) is 2.45. The molecule has 1 rings (SSSR count). The Hall–Kier alpha value is -2.04. The Kier molecular flexibility index (Phi) is 7.94. The first-order chi connectivity index (χ1) is 10.1. The summed E-state index contributed by atoms with van der Waals surface area (Å²) in [5, 5.41) is 14.1. The number of unbranched alkanes of at least 4 members (excludes halogenated alkanes) is 1. The van der Waals surface area contributed by atoms with Crippen molar-refractivity contribution in [2.75, 3.05) is 6.54 Å². The summed E-state index contributed by atoms with van der Waals surface area (Å²) in [5.74, 6) is -0.797. The molecule has 1 atom stereocenters. The van der Waals surface area contributed by atoms with Crippen molar-refractivity contribution in [3.63, 3.8) is 0 Å². The third-order valence-electron chi connectivity index (χ3n) is 3.19. The number of carbonyl (C=O) groups is 2. The van der Waals surface area contributed by atoms with E-state index in [2.05, 4.69) is 22.8 Å². The van der Waals surface area contributed by atoms with E-state index in [-0.39, 0.29) is 18.5 Å². The number of nitrogens with one attached hydrogen (secondary N) is 2. The molecule has 0 bridgehead atoms. The standard InChI is InChI=1S/C16H24N2O3/c1-13(10-11-14-7-3-2-4-8-14)18-16(21)17-12-6-5-9-15(19)20/h2-4,7-8,13H,5-6,9-12H2,1H3,(H,19,20)(H2,17,18,21). The molecule has 0 fully saturated rings. The van der Waals surface area contributed by atoms with Crippen LogP contribution in [0.1, 0.15) is 38.2 Å². The monoisotopic (exact) mass is 292 g/mol. The fourth-order valence-corrected chi connectivity index (χ4v) is 1.98. The molecule has 116 valence electrons. The largest absolute Gasteiger partial charge is 0.481 e. The van der Waals surface area contributed by atoms with Crippen LogP contribution in [-0.2, 0) is 11.2 Å². The molecule has 0 spiro atoms. The van der Waals surface area contributed by atoms with Crippen LogP contribution in [0.3, 0.4) is 0 Å². The number of urea groups is 1. The second-order valence-corrected chi connectivity index (χ2v) is 5.18. The third kappa shape index (κ3) is 8.68. The summed E-state index contributed by atoms with van der Waals surface area (Å²) >= 11 is 0. The Bertz CT molecular complexity index is 434. The van der Waals surface area contributed by atoms with Gasteiger partial charge in [-0.05, 0) is 38.2 Å². The van der Waals surface area contributed by atoms with Crippen LogP contribution < -0.4 is 10.6 Å². The van der Waals surface area contributed by atoms with E-state index in [0.29, 0.717) is 19.4 Å². The highest BCUT2D eigenvalue weighted by atomic mass is 16.4. The second kappa shape index (κ2) is 9.80. The molecule has 1 unspecified atom stereocenters. The molecule has 0 saturated heterocycles. The molecule has 2 amide bonds. The van der Waals surface area contributed by atoms with Crippen LogP contribution in [0.5, 0.6) is 0 Å². The quantitative estimate of drug-likeness (QED) is 0.612. The van der Waals surface area contributed by atoms with Gasteiger partial charge in [-0.25, -0.2) is 4.79 Å². The molecule has 0 saturated carbocycles. The lowest BCUT2D eigenvalue weighted by Crippen LogP contribution is -2.41. The zero-order valence-corrected chi connectivity index (χ0v) is 12.5. The van der Waals surface area contributed by atoms with Gasteiger partial charge in [0.05, 0.1) is 0 Å². The first kappa shape index (κ1) is 17.0. The normalized spacial score (nSPS) is 11.7. The number of rotatable bonds is 9. The van der Waals surface area contributed by atoms with Crippen LogP contribution in [0.4, 0.5) is 4.79 Å². The van der Waals surface area contributed by atoms with Crippen molar-refractivity contribution in [2.24, 2.45) is 0 Å². The van der Waals surface area contributed by atoms with Crippen LogP contribution in [-0.4, -0.2) is 29.7 Å². The van der Waals surface area contributed by atoms with Gasteiger partial charge >= 0.3 is 12.0 Å². The highest BCUT2D eigenvalue weighted by Crippen LogP contribution is 2.04. The molecular formula is C16H24N2O3. The summed E-state index contributed by atoms with van der Waals surface area (Å²) in [4.78, 5) is 22.0. The molecule has 1 aromatic rings. The molecule has 5 nitrogen and oxygen atoms in total. The maximum atomic E-state index is 11.6. The number of carboxylic acids is 1. The predicted octanol–water partition coefficient (Wildman–Crippen LogP) is 2.56. The summed E-state index contributed by atoms with van der Waals surface area (Å²) in [7, 11) is 0. The van der Waals surface area contributed by atoms with Gasteiger partial charge in [-0.1, -0.05) is 30.3 Å². The minimum absolute atomic E-state index is 0.101. The first-order valence-electron chi connectivity index (χ1n) is 7.38. The molecule has 0 aliphatic rings. The van der Waals surface area contributed by atoms with E-state index in [1.54, 1.807) is 0 Å². The van der Waals surface area contributed by atoms with Crippen LogP contribution in [0.2, 0.25) is 0 Å². The lowest BCUT2D eigenvalue weighted by molar-refractivity contribution is -0.137. The highest BCUT2D eigenvalue weighted by Gasteiger charge is 2.06. The second-order valence-electron chi connectivity index (χ2n) is 5.18.